The number of hydrogen-bond donors (Lipinski definition) is 1. The molecule has 2 aliphatic rings. The van der Waals surface area contributed by atoms with Gasteiger partial charge in [-0.25, -0.2) is 0 Å². The highest BCUT2D eigenvalue weighted by molar-refractivity contribution is 6.04. The van der Waals surface area contributed by atoms with Gasteiger partial charge in [-0.05, 0) is 36.8 Å². The van der Waals surface area contributed by atoms with Crippen molar-refractivity contribution in [2.45, 2.75) is 25.6 Å². The zero-order valence-electron chi connectivity index (χ0n) is 16.2. The molecule has 1 aromatic heterocycles. The van der Waals surface area contributed by atoms with Crippen LogP contribution in [0.5, 0.6) is 5.75 Å². The second-order valence-electron chi connectivity index (χ2n) is 7.15. The van der Waals surface area contributed by atoms with E-state index < -0.39 is 5.79 Å². The summed E-state index contributed by atoms with van der Waals surface area (Å²) in [6.07, 6.45) is 3.30. The number of nitrogens with zero attached hydrogens (tertiary/aromatic N) is 2. The van der Waals surface area contributed by atoms with Crippen LogP contribution in [-0.4, -0.2) is 50.1 Å². The van der Waals surface area contributed by atoms with E-state index in [-0.39, 0.29) is 5.91 Å². The molecular weight excluding hydrogens is 358 g/mol. The van der Waals surface area contributed by atoms with Crippen LogP contribution >= 0.6 is 0 Å². The smallest absolute Gasteiger partial charge is 0.274 e. The van der Waals surface area contributed by atoms with E-state index in [1.54, 1.807) is 13.3 Å². The van der Waals surface area contributed by atoms with Crippen molar-refractivity contribution in [3.05, 3.63) is 47.8 Å². The van der Waals surface area contributed by atoms with Crippen LogP contribution in [0.4, 0.5) is 11.4 Å². The summed E-state index contributed by atoms with van der Waals surface area (Å²) in [6, 6.07) is 9.41. The molecule has 0 aliphatic carbocycles. The highest BCUT2D eigenvalue weighted by Gasteiger charge is 2.39. The van der Waals surface area contributed by atoms with Crippen molar-refractivity contribution >= 4 is 17.3 Å². The Bertz CT molecular complexity index is 854. The average Bonchev–Trinajstić information content (AvgIpc) is 3.17. The van der Waals surface area contributed by atoms with Crippen molar-refractivity contribution in [3.63, 3.8) is 0 Å². The normalized spacial score (nSPS) is 18.3. The number of nitrogens with one attached hydrogen (secondary N) is 1. The molecule has 1 N–H and O–H groups in total. The zero-order valence-corrected chi connectivity index (χ0v) is 16.2. The maximum Gasteiger partial charge on any atom is 0.274 e. The highest BCUT2D eigenvalue weighted by atomic mass is 16.7. The first-order valence-corrected chi connectivity index (χ1v) is 9.53. The quantitative estimate of drug-likeness (QED) is 0.875. The maximum atomic E-state index is 12.7. The molecular formula is C21H25N3O4. The summed E-state index contributed by atoms with van der Waals surface area (Å²) in [6.45, 7) is 4.94. The Labute approximate surface area is 164 Å². The lowest BCUT2D eigenvalue weighted by Gasteiger charge is -2.38. The molecule has 2 fully saturated rings. The number of methoxy groups -OCH3 is 1. The van der Waals surface area contributed by atoms with Gasteiger partial charge in [0.25, 0.3) is 5.91 Å². The molecule has 1 spiro atoms. The number of ether oxygens (including phenoxy) is 3. The van der Waals surface area contributed by atoms with Gasteiger partial charge in [0.1, 0.15) is 11.4 Å². The topological polar surface area (TPSA) is 72.9 Å². The van der Waals surface area contributed by atoms with Crippen molar-refractivity contribution in [3.8, 4) is 5.75 Å². The van der Waals surface area contributed by atoms with E-state index in [4.69, 9.17) is 14.2 Å². The molecule has 0 unspecified atom stereocenters. The molecule has 2 saturated heterocycles. The molecule has 3 heterocycles. The second-order valence-corrected chi connectivity index (χ2v) is 7.15. The summed E-state index contributed by atoms with van der Waals surface area (Å²) >= 11 is 0. The summed E-state index contributed by atoms with van der Waals surface area (Å²) in [5.41, 5.74) is 3.02. The minimum atomic E-state index is -0.411. The van der Waals surface area contributed by atoms with Gasteiger partial charge in [0, 0.05) is 37.8 Å². The van der Waals surface area contributed by atoms with E-state index in [0.29, 0.717) is 30.3 Å². The lowest BCUT2D eigenvalue weighted by Crippen LogP contribution is -2.45. The molecule has 28 heavy (non-hydrogen) atoms. The molecule has 0 saturated carbocycles. The van der Waals surface area contributed by atoms with Gasteiger partial charge in [0.15, 0.2) is 5.79 Å². The van der Waals surface area contributed by atoms with Crippen LogP contribution in [0.25, 0.3) is 0 Å². The lowest BCUT2D eigenvalue weighted by molar-refractivity contribution is -0.169. The number of rotatable bonds is 4. The van der Waals surface area contributed by atoms with Gasteiger partial charge >= 0.3 is 0 Å². The summed E-state index contributed by atoms with van der Waals surface area (Å²) in [5.74, 6) is -0.0551. The third-order valence-electron chi connectivity index (χ3n) is 5.28. The van der Waals surface area contributed by atoms with Gasteiger partial charge in [-0.3, -0.25) is 9.78 Å². The fourth-order valence-electron chi connectivity index (χ4n) is 3.74. The first-order chi connectivity index (χ1) is 13.6. The molecule has 0 radical (unpaired) electrons. The van der Waals surface area contributed by atoms with Gasteiger partial charge in [-0.1, -0.05) is 6.07 Å². The molecule has 2 aliphatic heterocycles. The van der Waals surface area contributed by atoms with E-state index in [0.717, 1.165) is 37.2 Å². The van der Waals surface area contributed by atoms with Crippen molar-refractivity contribution in [2.24, 2.45) is 0 Å². The Kier molecular flexibility index (Phi) is 5.19. The SMILES string of the molecule is COc1ccc(C)cc1NC(=O)c1cc(N2CCC3(CC2)OCCO3)ccn1. The van der Waals surface area contributed by atoms with Gasteiger partial charge in [0.05, 0.1) is 26.0 Å². The summed E-state index contributed by atoms with van der Waals surface area (Å²) in [4.78, 5) is 19.2. The standard InChI is InChI=1S/C21H25N3O4/c1-15-3-4-19(26-2)17(13-15)23-20(25)18-14-16(5-8-22-18)24-9-6-21(7-10-24)27-11-12-28-21/h3-5,8,13-14H,6-7,9-12H2,1-2H3,(H,23,25). The number of benzene rings is 1. The Balaban J connectivity index is 1.46. The van der Waals surface area contributed by atoms with Crippen LogP contribution in [0.15, 0.2) is 36.5 Å². The van der Waals surface area contributed by atoms with Crippen LogP contribution < -0.4 is 15.0 Å². The number of piperidine rings is 1. The van der Waals surface area contributed by atoms with E-state index in [1.165, 1.54) is 0 Å². The van der Waals surface area contributed by atoms with E-state index >= 15 is 0 Å². The van der Waals surface area contributed by atoms with E-state index in [9.17, 15) is 4.79 Å². The van der Waals surface area contributed by atoms with Crippen molar-refractivity contribution in [1.29, 1.82) is 0 Å². The van der Waals surface area contributed by atoms with Gasteiger partial charge < -0.3 is 24.4 Å². The monoisotopic (exact) mass is 383 g/mol. The molecule has 0 bridgehead atoms. The summed E-state index contributed by atoms with van der Waals surface area (Å²) in [7, 11) is 1.58. The van der Waals surface area contributed by atoms with E-state index in [1.807, 2.05) is 37.3 Å². The number of anilines is 2. The minimum Gasteiger partial charge on any atom is -0.495 e. The highest BCUT2D eigenvalue weighted by Crippen LogP contribution is 2.33. The third-order valence-corrected chi connectivity index (χ3v) is 5.28. The fraction of sp³-hybridized carbons (Fsp3) is 0.429. The summed E-state index contributed by atoms with van der Waals surface area (Å²) < 4.78 is 16.9. The number of pyridine rings is 1. The van der Waals surface area contributed by atoms with Crippen molar-refractivity contribution in [2.75, 3.05) is 43.6 Å². The van der Waals surface area contributed by atoms with Crippen molar-refractivity contribution < 1.29 is 19.0 Å². The molecule has 0 atom stereocenters. The minimum absolute atomic E-state index is 0.262. The first-order valence-electron chi connectivity index (χ1n) is 9.53. The largest absolute Gasteiger partial charge is 0.495 e. The number of aryl methyl sites for hydroxylation is 1. The van der Waals surface area contributed by atoms with Gasteiger partial charge in [-0.2, -0.15) is 0 Å². The van der Waals surface area contributed by atoms with Crippen molar-refractivity contribution in [1.82, 2.24) is 4.98 Å². The van der Waals surface area contributed by atoms with Crippen LogP contribution in [0.3, 0.4) is 0 Å². The molecule has 7 nitrogen and oxygen atoms in total. The Morgan fingerprint density at radius 2 is 1.93 bits per heavy atom. The van der Waals surface area contributed by atoms with Crippen LogP contribution in [0, 0.1) is 6.92 Å². The third kappa shape index (κ3) is 3.81. The molecule has 7 heteroatoms. The predicted octanol–water partition coefficient (Wildman–Crippen LogP) is 2.99. The first kappa shape index (κ1) is 18.7. The number of amides is 1. The number of carbonyl (C=O) groups excluding carboxylic acids is 1. The second kappa shape index (κ2) is 7.77. The van der Waals surface area contributed by atoms with Crippen LogP contribution in [0.2, 0.25) is 0 Å². The molecule has 1 aromatic carbocycles. The molecule has 2 aromatic rings. The zero-order chi connectivity index (χ0) is 19.6. The fourth-order valence-corrected chi connectivity index (χ4v) is 3.74. The van der Waals surface area contributed by atoms with Gasteiger partial charge in [0.2, 0.25) is 0 Å². The maximum absolute atomic E-state index is 12.7. The summed E-state index contributed by atoms with van der Waals surface area (Å²) in [5, 5.41) is 2.90. The lowest BCUT2D eigenvalue weighted by atomic mass is 10.0. The Morgan fingerprint density at radius 3 is 2.64 bits per heavy atom. The average molecular weight is 383 g/mol. The van der Waals surface area contributed by atoms with Crippen LogP contribution in [0.1, 0.15) is 28.9 Å². The van der Waals surface area contributed by atoms with Gasteiger partial charge in [-0.15, -0.1) is 0 Å². The van der Waals surface area contributed by atoms with E-state index in [2.05, 4.69) is 15.2 Å². The molecule has 4 rings (SSSR count). The predicted molar refractivity (Wildman–Crippen MR) is 106 cm³/mol. The molecule has 1 amide bonds. The molecule has 148 valence electrons. The number of carbonyl (C=O) groups is 1. The number of hydrogen-bond acceptors (Lipinski definition) is 6. The Hall–Kier alpha value is -2.64. The Morgan fingerprint density at radius 1 is 1.18 bits per heavy atom. The van der Waals surface area contributed by atoms with Crippen LogP contribution in [-0.2, 0) is 9.47 Å². The number of aromatic nitrogens is 1.